The molecule has 0 saturated heterocycles. The Labute approximate surface area is 115 Å². The first-order valence-corrected chi connectivity index (χ1v) is 6.02. The minimum Gasteiger partial charge on any atom is -0.482 e. The summed E-state index contributed by atoms with van der Waals surface area (Å²) in [4.78, 5) is 22.3. The van der Waals surface area contributed by atoms with Crippen molar-refractivity contribution in [3.8, 4) is 5.75 Å². The second-order valence-corrected chi connectivity index (χ2v) is 4.56. The van der Waals surface area contributed by atoms with Crippen molar-refractivity contribution in [3.05, 3.63) is 63.2 Å². The summed E-state index contributed by atoms with van der Waals surface area (Å²) < 4.78 is 10.2. The molecule has 104 valence electrons. The summed E-state index contributed by atoms with van der Waals surface area (Å²) in [5.41, 5.74) is 2.64. The van der Waals surface area contributed by atoms with Crippen LogP contribution in [-0.4, -0.2) is 11.1 Å². The smallest absolute Gasteiger partial charge is 0.371 e. The molecule has 5 heteroatoms. The molecule has 2 rings (SSSR count). The van der Waals surface area contributed by atoms with E-state index in [4.69, 9.17) is 14.3 Å². The SMILES string of the molecule is Cc1cc(C)cc(COc2coc(C(=O)O)cc2=O)c1. The molecular formula is C15H14O5. The van der Waals surface area contributed by atoms with E-state index in [1.165, 1.54) is 0 Å². The van der Waals surface area contributed by atoms with Crippen LogP contribution in [-0.2, 0) is 6.61 Å². The number of carbonyl (C=O) groups is 1. The van der Waals surface area contributed by atoms with Gasteiger partial charge in [-0.3, -0.25) is 4.79 Å². The van der Waals surface area contributed by atoms with E-state index in [-0.39, 0.29) is 12.4 Å². The van der Waals surface area contributed by atoms with Gasteiger partial charge in [0, 0.05) is 6.07 Å². The van der Waals surface area contributed by atoms with Crippen LogP contribution in [0.3, 0.4) is 0 Å². The standard InChI is InChI=1S/C15H14O5/c1-9-3-10(2)5-11(4-9)7-19-14-8-20-13(15(17)18)6-12(14)16/h3-6,8H,7H2,1-2H3,(H,17,18). The van der Waals surface area contributed by atoms with Gasteiger partial charge in [0.2, 0.25) is 16.9 Å². The van der Waals surface area contributed by atoms with Crippen LogP contribution in [0.15, 0.2) is 39.7 Å². The predicted molar refractivity (Wildman–Crippen MR) is 72.2 cm³/mol. The average Bonchev–Trinajstić information content (AvgIpc) is 2.36. The van der Waals surface area contributed by atoms with Gasteiger partial charge in [-0.1, -0.05) is 29.3 Å². The van der Waals surface area contributed by atoms with Crippen molar-refractivity contribution in [2.45, 2.75) is 20.5 Å². The van der Waals surface area contributed by atoms with Crippen LogP contribution in [0.2, 0.25) is 0 Å². The quantitative estimate of drug-likeness (QED) is 0.927. The number of aryl methyl sites for hydroxylation is 2. The van der Waals surface area contributed by atoms with Crippen molar-refractivity contribution in [3.63, 3.8) is 0 Å². The van der Waals surface area contributed by atoms with E-state index in [1.54, 1.807) is 0 Å². The van der Waals surface area contributed by atoms with Crippen molar-refractivity contribution in [1.29, 1.82) is 0 Å². The molecule has 0 bridgehead atoms. The Balaban J connectivity index is 2.15. The Morgan fingerprint density at radius 3 is 2.40 bits per heavy atom. The molecule has 0 fully saturated rings. The molecule has 1 N–H and O–H groups in total. The molecule has 0 radical (unpaired) electrons. The molecule has 0 aliphatic heterocycles. The maximum absolute atomic E-state index is 11.7. The molecule has 0 aliphatic carbocycles. The van der Waals surface area contributed by atoms with Gasteiger partial charge >= 0.3 is 5.97 Å². The molecule has 0 spiro atoms. The Morgan fingerprint density at radius 2 is 1.85 bits per heavy atom. The van der Waals surface area contributed by atoms with E-state index >= 15 is 0 Å². The minimum absolute atomic E-state index is 0.00541. The van der Waals surface area contributed by atoms with Crippen LogP contribution >= 0.6 is 0 Å². The molecule has 0 amide bonds. The van der Waals surface area contributed by atoms with Crippen molar-refractivity contribution in [2.24, 2.45) is 0 Å². The first-order chi connectivity index (χ1) is 9.45. The number of rotatable bonds is 4. The third kappa shape index (κ3) is 3.26. The number of ether oxygens (including phenoxy) is 1. The first kappa shape index (κ1) is 13.9. The van der Waals surface area contributed by atoms with Crippen molar-refractivity contribution in [1.82, 2.24) is 0 Å². The van der Waals surface area contributed by atoms with Crippen molar-refractivity contribution < 1.29 is 19.1 Å². The first-order valence-electron chi connectivity index (χ1n) is 6.02. The summed E-state index contributed by atoms with van der Waals surface area (Å²) in [5.74, 6) is -1.70. The zero-order valence-electron chi connectivity index (χ0n) is 11.2. The zero-order chi connectivity index (χ0) is 14.7. The van der Waals surface area contributed by atoms with Gasteiger partial charge in [-0.05, 0) is 19.4 Å². The largest absolute Gasteiger partial charge is 0.482 e. The van der Waals surface area contributed by atoms with Crippen LogP contribution in [0.1, 0.15) is 27.2 Å². The highest BCUT2D eigenvalue weighted by molar-refractivity contribution is 5.84. The van der Waals surface area contributed by atoms with Crippen LogP contribution in [0.5, 0.6) is 5.75 Å². The van der Waals surface area contributed by atoms with Crippen LogP contribution < -0.4 is 10.2 Å². The Bertz CT molecular complexity index is 679. The van der Waals surface area contributed by atoms with Gasteiger partial charge in [-0.25, -0.2) is 4.79 Å². The Morgan fingerprint density at radius 1 is 1.20 bits per heavy atom. The number of benzene rings is 1. The van der Waals surface area contributed by atoms with E-state index in [0.717, 1.165) is 29.0 Å². The molecule has 0 unspecified atom stereocenters. The maximum atomic E-state index is 11.7. The molecule has 0 saturated carbocycles. The lowest BCUT2D eigenvalue weighted by atomic mass is 10.1. The van der Waals surface area contributed by atoms with Gasteiger partial charge in [-0.2, -0.15) is 0 Å². The second kappa shape index (κ2) is 5.61. The lowest BCUT2D eigenvalue weighted by Crippen LogP contribution is -2.10. The molecule has 0 aliphatic rings. The summed E-state index contributed by atoms with van der Waals surface area (Å²) >= 11 is 0. The van der Waals surface area contributed by atoms with Gasteiger partial charge in [0.05, 0.1) is 0 Å². The molecule has 5 nitrogen and oxygen atoms in total. The molecule has 0 atom stereocenters. The maximum Gasteiger partial charge on any atom is 0.371 e. The lowest BCUT2D eigenvalue weighted by molar-refractivity contribution is 0.0658. The highest BCUT2D eigenvalue weighted by Gasteiger charge is 2.10. The van der Waals surface area contributed by atoms with Crippen LogP contribution in [0, 0.1) is 13.8 Å². The van der Waals surface area contributed by atoms with E-state index in [0.29, 0.717) is 0 Å². The fourth-order valence-electron chi connectivity index (χ4n) is 1.93. The number of hydrogen-bond acceptors (Lipinski definition) is 4. The third-order valence-corrected chi connectivity index (χ3v) is 2.68. The zero-order valence-corrected chi connectivity index (χ0v) is 11.2. The number of hydrogen-bond donors (Lipinski definition) is 1. The van der Waals surface area contributed by atoms with Gasteiger partial charge in [0.15, 0.2) is 0 Å². The van der Waals surface area contributed by atoms with Crippen molar-refractivity contribution >= 4 is 5.97 Å². The molecular weight excluding hydrogens is 260 g/mol. The number of carboxylic acids is 1. The van der Waals surface area contributed by atoms with Gasteiger partial charge in [0.1, 0.15) is 12.9 Å². The summed E-state index contributed by atoms with van der Waals surface area (Å²) in [6.45, 7) is 4.18. The van der Waals surface area contributed by atoms with Crippen LogP contribution in [0.4, 0.5) is 0 Å². The summed E-state index contributed by atoms with van der Waals surface area (Å²) in [7, 11) is 0. The Kier molecular flexibility index (Phi) is 3.89. The van der Waals surface area contributed by atoms with E-state index in [9.17, 15) is 9.59 Å². The highest BCUT2D eigenvalue weighted by atomic mass is 16.5. The minimum atomic E-state index is -1.29. The number of aromatic carboxylic acids is 1. The normalized spacial score (nSPS) is 10.3. The molecule has 1 heterocycles. The van der Waals surface area contributed by atoms with Crippen LogP contribution in [0.25, 0.3) is 0 Å². The molecule has 1 aromatic heterocycles. The highest BCUT2D eigenvalue weighted by Crippen LogP contribution is 2.12. The van der Waals surface area contributed by atoms with Gasteiger partial charge in [-0.15, -0.1) is 0 Å². The second-order valence-electron chi connectivity index (χ2n) is 4.56. The fraction of sp³-hybridized carbons (Fsp3) is 0.200. The molecule has 20 heavy (non-hydrogen) atoms. The van der Waals surface area contributed by atoms with E-state index in [1.807, 2.05) is 32.0 Å². The van der Waals surface area contributed by atoms with Gasteiger partial charge in [0.25, 0.3) is 0 Å². The molecule has 2 aromatic rings. The monoisotopic (exact) mass is 274 g/mol. The third-order valence-electron chi connectivity index (χ3n) is 2.68. The van der Waals surface area contributed by atoms with Crippen molar-refractivity contribution in [2.75, 3.05) is 0 Å². The molecule has 1 aromatic carbocycles. The van der Waals surface area contributed by atoms with E-state index < -0.39 is 17.2 Å². The topological polar surface area (TPSA) is 76.7 Å². The van der Waals surface area contributed by atoms with E-state index in [2.05, 4.69) is 0 Å². The summed E-state index contributed by atoms with van der Waals surface area (Å²) in [5, 5.41) is 8.70. The summed E-state index contributed by atoms with van der Waals surface area (Å²) in [6.07, 6.45) is 1.02. The summed E-state index contributed by atoms with van der Waals surface area (Å²) in [6, 6.07) is 6.86. The Hall–Kier alpha value is -2.56. The fourth-order valence-corrected chi connectivity index (χ4v) is 1.93. The predicted octanol–water partition coefficient (Wildman–Crippen LogP) is 2.53. The number of carboxylic acid groups (broad SMARTS) is 1. The average molecular weight is 274 g/mol. The van der Waals surface area contributed by atoms with Gasteiger partial charge < -0.3 is 14.3 Å². The lowest BCUT2D eigenvalue weighted by Gasteiger charge is -2.07.